The molecule has 0 atom stereocenters. The van der Waals surface area contributed by atoms with Gasteiger partial charge in [-0.05, 0) is 49.7 Å². The summed E-state index contributed by atoms with van der Waals surface area (Å²) >= 11 is 6.10. The molecule has 5 nitrogen and oxygen atoms in total. The molecule has 0 saturated heterocycles. The van der Waals surface area contributed by atoms with Gasteiger partial charge in [-0.25, -0.2) is 17.5 Å². The second-order valence-corrected chi connectivity index (χ2v) is 8.33. The molecule has 0 heterocycles. The molecule has 0 aliphatic heterocycles. The molecule has 2 rings (SSSR count). The summed E-state index contributed by atoms with van der Waals surface area (Å²) in [5, 5.41) is 0.157. The predicted octanol–water partition coefficient (Wildman–Crippen LogP) is 3.44. The Morgan fingerprint density at radius 3 is 2.38 bits per heavy atom. The Kier molecular flexibility index (Phi) is 6.39. The minimum Gasteiger partial charge on any atom is -0.337 e. The lowest BCUT2D eigenvalue weighted by molar-refractivity contribution is 0.0785. The number of hydrogen-bond acceptors (Lipinski definition) is 3. The lowest BCUT2D eigenvalue weighted by atomic mass is 10.1. The molecule has 2 aromatic carbocycles. The second kappa shape index (κ2) is 8.16. The van der Waals surface area contributed by atoms with Crippen molar-refractivity contribution in [2.45, 2.75) is 31.3 Å². The molecule has 140 valence electrons. The smallest absolute Gasteiger partial charge is 0.255 e. The molecule has 8 heteroatoms. The zero-order valence-electron chi connectivity index (χ0n) is 14.7. The molecule has 0 fully saturated rings. The molecule has 0 spiro atoms. The maximum Gasteiger partial charge on any atom is 0.255 e. The summed E-state index contributed by atoms with van der Waals surface area (Å²) in [7, 11) is -2.18. The van der Waals surface area contributed by atoms with E-state index in [0.717, 1.165) is 5.56 Å². The second-order valence-electron chi connectivity index (χ2n) is 6.21. The summed E-state index contributed by atoms with van der Waals surface area (Å²) in [5.41, 5.74) is 0.825. The van der Waals surface area contributed by atoms with E-state index in [2.05, 4.69) is 4.72 Å². The van der Waals surface area contributed by atoms with Crippen LogP contribution in [0.1, 0.15) is 29.8 Å². The first kappa shape index (κ1) is 20.4. The highest BCUT2D eigenvalue weighted by Crippen LogP contribution is 2.22. The molecule has 0 aromatic heterocycles. The number of hydrogen-bond donors (Lipinski definition) is 1. The van der Waals surface area contributed by atoms with Crippen LogP contribution in [0.25, 0.3) is 0 Å². The van der Waals surface area contributed by atoms with Gasteiger partial charge in [-0.2, -0.15) is 0 Å². The fraction of sp³-hybridized carbons (Fsp3) is 0.278. The van der Waals surface area contributed by atoms with E-state index in [1.165, 1.54) is 35.2 Å². The van der Waals surface area contributed by atoms with Gasteiger partial charge < -0.3 is 4.90 Å². The Labute approximate surface area is 157 Å². The Morgan fingerprint density at radius 1 is 1.19 bits per heavy atom. The third-order valence-corrected chi connectivity index (χ3v) is 5.53. The molecule has 26 heavy (non-hydrogen) atoms. The number of halogens is 2. The van der Waals surface area contributed by atoms with E-state index in [0.29, 0.717) is 0 Å². The van der Waals surface area contributed by atoms with Crippen LogP contribution < -0.4 is 4.72 Å². The van der Waals surface area contributed by atoms with Crippen molar-refractivity contribution >= 4 is 27.5 Å². The fourth-order valence-electron chi connectivity index (χ4n) is 2.35. The highest BCUT2D eigenvalue weighted by Gasteiger charge is 2.21. The minimum atomic E-state index is -3.74. The van der Waals surface area contributed by atoms with Crippen molar-refractivity contribution in [3.63, 3.8) is 0 Å². The molecule has 0 aliphatic rings. The van der Waals surface area contributed by atoms with Crippen molar-refractivity contribution in [2.24, 2.45) is 0 Å². The van der Waals surface area contributed by atoms with Crippen LogP contribution in [0.4, 0.5) is 4.39 Å². The minimum absolute atomic E-state index is 0.0332. The van der Waals surface area contributed by atoms with Crippen molar-refractivity contribution in [3.8, 4) is 0 Å². The first-order chi connectivity index (χ1) is 12.1. The molecule has 0 unspecified atom stereocenters. The number of nitrogens with zero attached hydrogens (tertiary/aromatic N) is 1. The van der Waals surface area contributed by atoms with E-state index < -0.39 is 15.9 Å². The lowest BCUT2D eigenvalue weighted by Crippen LogP contribution is -2.31. The van der Waals surface area contributed by atoms with E-state index in [1.807, 2.05) is 0 Å². The number of carbonyl (C=O) groups is 1. The normalized spacial score (nSPS) is 11.6. The first-order valence-corrected chi connectivity index (χ1v) is 9.78. The number of amides is 1. The molecule has 0 saturated carbocycles. The van der Waals surface area contributed by atoms with Gasteiger partial charge in [-0.3, -0.25) is 4.79 Å². The van der Waals surface area contributed by atoms with Gasteiger partial charge >= 0.3 is 0 Å². The largest absolute Gasteiger partial charge is 0.337 e. The number of carbonyl (C=O) groups excluding carboxylic acids is 1. The van der Waals surface area contributed by atoms with Crippen molar-refractivity contribution < 1.29 is 17.6 Å². The summed E-state index contributed by atoms with van der Waals surface area (Å²) in [6.07, 6.45) is 0. The van der Waals surface area contributed by atoms with E-state index >= 15 is 0 Å². The number of benzene rings is 2. The monoisotopic (exact) mass is 398 g/mol. The third-order valence-electron chi connectivity index (χ3n) is 3.55. The average molecular weight is 399 g/mol. The van der Waals surface area contributed by atoms with Crippen molar-refractivity contribution in [2.75, 3.05) is 7.05 Å². The number of rotatable bonds is 6. The molecule has 2 aromatic rings. The quantitative estimate of drug-likeness (QED) is 0.810. The van der Waals surface area contributed by atoms with Gasteiger partial charge in [-0.1, -0.05) is 23.7 Å². The first-order valence-electron chi connectivity index (χ1n) is 7.92. The van der Waals surface area contributed by atoms with Crippen LogP contribution >= 0.6 is 11.6 Å². The molecule has 1 amide bonds. The Hall–Kier alpha value is -1.96. The zero-order chi connectivity index (χ0) is 19.5. The molecule has 1 N–H and O–H groups in total. The van der Waals surface area contributed by atoms with Crippen LogP contribution in [-0.2, 0) is 16.6 Å². The van der Waals surface area contributed by atoms with Crippen LogP contribution in [0.5, 0.6) is 0 Å². The summed E-state index contributed by atoms with van der Waals surface area (Å²) in [6, 6.07) is 9.49. The Bertz CT molecular complexity index is 899. The SMILES string of the molecule is CC(C)NS(=O)(=O)c1ccc(Cl)c(C(=O)N(C)Cc2ccc(F)cc2)c1. The van der Waals surface area contributed by atoms with E-state index in [-0.39, 0.29) is 33.9 Å². The van der Waals surface area contributed by atoms with Crippen molar-refractivity contribution in [3.05, 3.63) is 64.4 Å². The highest BCUT2D eigenvalue weighted by molar-refractivity contribution is 7.89. The molecule has 0 aliphatic carbocycles. The van der Waals surface area contributed by atoms with Crippen LogP contribution in [0, 0.1) is 5.82 Å². The lowest BCUT2D eigenvalue weighted by Gasteiger charge is -2.19. The van der Waals surface area contributed by atoms with Crippen LogP contribution in [0.2, 0.25) is 5.02 Å². The van der Waals surface area contributed by atoms with Gasteiger partial charge in [0.2, 0.25) is 10.0 Å². The van der Waals surface area contributed by atoms with Gasteiger partial charge in [0.1, 0.15) is 5.82 Å². The molecular weight excluding hydrogens is 379 g/mol. The van der Waals surface area contributed by atoms with Gasteiger partial charge in [0.15, 0.2) is 0 Å². The van der Waals surface area contributed by atoms with E-state index in [1.54, 1.807) is 33.0 Å². The molecular formula is C18H20ClFN2O3S. The van der Waals surface area contributed by atoms with Crippen molar-refractivity contribution in [1.29, 1.82) is 0 Å². The average Bonchev–Trinajstić information content (AvgIpc) is 2.55. The summed E-state index contributed by atoms with van der Waals surface area (Å²) in [6.45, 7) is 3.64. The predicted molar refractivity (Wildman–Crippen MR) is 99.1 cm³/mol. The standard InChI is InChI=1S/C18H20ClFN2O3S/c1-12(2)21-26(24,25)15-8-9-17(19)16(10-15)18(23)22(3)11-13-4-6-14(20)7-5-13/h4-10,12,21H,11H2,1-3H3. The van der Waals surface area contributed by atoms with Gasteiger partial charge in [0.25, 0.3) is 5.91 Å². The van der Waals surface area contributed by atoms with E-state index in [9.17, 15) is 17.6 Å². The van der Waals surface area contributed by atoms with Crippen LogP contribution in [0.3, 0.4) is 0 Å². The third kappa shape index (κ3) is 5.03. The topological polar surface area (TPSA) is 66.5 Å². The molecule has 0 radical (unpaired) electrons. The van der Waals surface area contributed by atoms with Gasteiger partial charge in [0, 0.05) is 19.6 Å². The molecule has 0 bridgehead atoms. The Morgan fingerprint density at radius 2 is 1.81 bits per heavy atom. The Balaban J connectivity index is 2.27. The number of sulfonamides is 1. The summed E-state index contributed by atoms with van der Waals surface area (Å²) in [4.78, 5) is 14.0. The maximum atomic E-state index is 13.0. The van der Waals surface area contributed by atoms with Crippen molar-refractivity contribution in [1.82, 2.24) is 9.62 Å². The fourth-order valence-corrected chi connectivity index (χ4v) is 3.83. The number of nitrogens with one attached hydrogen (secondary N) is 1. The van der Waals surface area contributed by atoms with Gasteiger partial charge in [0.05, 0.1) is 15.5 Å². The van der Waals surface area contributed by atoms with E-state index in [4.69, 9.17) is 11.6 Å². The maximum absolute atomic E-state index is 13.0. The van der Waals surface area contributed by atoms with Crippen LogP contribution in [-0.4, -0.2) is 32.3 Å². The summed E-state index contributed by atoms with van der Waals surface area (Å²) in [5.74, 6) is -0.790. The summed E-state index contributed by atoms with van der Waals surface area (Å²) < 4.78 is 40.1. The zero-order valence-corrected chi connectivity index (χ0v) is 16.2. The van der Waals surface area contributed by atoms with Gasteiger partial charge in [-0.15, -0.1) is 0 Å². The van der Waals surface area contributed by atoms with Crippen LogP contribution in [0.15, 0.2) is 47.4 Å². The highest BCUT2D eigenvalue weighted by atomic mass is 35.5.